The van der Waals surface area contributed by atoms with Crippen LogP contribution < -0.4 is 5.32 Å². The molecule has 1 fully saturated rings. The molecule has 0 spiro atoms. The number of piperazine rings is 1. The van der Waals surface area contributed by atoms with E-state index in [-0.39, 0.29) is 10.9 Å². The van der Waals surface area contributed by atoms with Crippen molar-refractivity contribution in [3.8, 4) is 0 Å². The second-order valence-electron chi connectivity index (χ2n) is 3.60. The van der Waals surface area contributed by atoms with Crippen molar-refractivity contribution in [2.75, 3.05) is 19.6 Å². The van der Waals surface area contributed by atoms with Crippen molar-refractivity contribution in [2.45, 2.75) is 17.9 Å². The molecule has 1 saturated heterocycles. The van der Waals surface area contributed by atoms with Gasteiger partial charge < -0.3 is 5.32 Å². The van der Waals surface area contributed by atoms with Gasteiger partial charge in [-0.15, -0.1) is 0 Å². The molecule has 0 amide bonds. The van der Waals surface area contributed by atoms with E-state index in [1.54, 1.807) is 0 Å². The van der Waals surface area contributed by atoms with Crippen molar-refractivity contribution < 1.29 is 8.42 Å². The lowest BCUT2D eigenvalue weighted by Gasteiger charge is -2.32. The quantitative estimate of drug-likeness (QED) is 0.710. The van der Waals surface area contributed by atoms with Crippen LogP contribution >= 0.6 is 0 Å². The number of hydrogen-bond acceptors (Lipinski definition) is 4. The summed E-state index contributed by atoms with van der Waals surface area (Å²) in [6.07, 6.45) is 2.74. The lowest BCUT2D eigenvalue weighted by Crippen LogP contribution is -2.52. The van der Waals surface area contributed by atoms with Gasteiger partial charge in [0.15, 0.2) is 0 Å². The highest BCUT2D eigenvalue weighted by Crippen LogP contribution is 2.17. The Morgan fingerprint density at radius 2 is 2.40 bits per heavy atom. The predicted octanol–water partition coefficient (Wildman–Crippen LogP) is -0.608. The number of aromatic nitrogens is 2. The van der Waals surface area contributed by atoms with Gasteiger partial charge in [-0.25, -0.2) is 8.42 Å². The standard InChI is InChI=1S/C8H14N4O2S/c1-7-4-9-2-3-12(7)15(13,14)8-5-10-11-6-8/h5-7,9H,2-4H2,1H3,(H,10,11)/t7-/m1/s1. The zero-order valence-corrected chi connectivity index (χ0v) is 9.29. The number of hydrogen-bond donors (Lipinski definition) is 2. The highest BCUT2D eigenvalue weighted by atomic mass is 32.2. The zero-order valence-electron chi connectivity index (χ0n) is 8.47. The number of nitrogens with one attached hydrogen (secondary N) is 2. The van der Waals surface area contributed by atoms with Gasteiger partial charge in [0.2, 0.25) is 10.0 Å². The molecule has 2 heterocycles. The average Bonchev–Trinajstić information content (AvgIpc) is 2.71. The zero-order chi connectivity index (χ0) is 10.9. The molecule has 6 nitrogen and oxygen atoms in total. The van der Waals surface area contributed by atoms with E-state index in [1.807, 2.05) is 6.92 Å². The fourth-order valence-electron chi connectivity index (χ4n) is 1.69. The largest absolute Gasteiger partial charge is 0.314 e. The summed E-state index contributed by atoms with van der Waals surface area (Å²) in [5.74, 6) is 0. The number of sulfonamides is 1. The van der Waals surface area contributed by atoms with E-state index in [1.165, 1.54) is 16.7 Å². The summed E-state index contributed by atoms with van der Waals surface area (Å²) in [5.41, 5.74) is 0. The summed E-state index contributed by atoms with van der Waals surface area (Å²) < 4.78 is 25.7. The Morgan fingerprint density at radius 3 is 3.00 bits per heavy atom. The SMILES string of the molecule is C[C@@H]1CNCCN1S(=O)(=O)c1cn[nH]c1. The maximum atomic E-state index is 12.1. The lowest BCUT2D eigenvalue weighted by atomic mass is 10.3. The van der Waals surface area contributed by atoms with E-state index in [0.29, 0.717) is 19.6 Å². The van der Waals surface area contributed by atoms with Crippen LogP contribution in [0.4, 0.5) is 0 Å². The number of rotatable bonds is 2. The fraction of sp³-hybridized carbons (Fsp3) is 0.625. The molecule has 0 radical (unpaired) electrons. The Kier molecular flexibility index (Phi) is 2.76. The van der Waals surface area contributed by atoms with Crippen LogP contribution in [-0.4, -0.2) is 48.6 Å². The van der Waals surface area contributed by atoms with E-state index in [2.05, 4.69) is 15.5 Å². The van der Waals surface area contributed by atoms with Gasteiger partial charge >= 0.3 is 0 Å². The monoisotopic (exact) mass is 230 g/mol. The Balaban J connectivity index is 2.29. The minimum atomic E-state index is -3.37. The van der Waals surface area contributed by atoms with Gasteiger partial charge in [-0.05, 0) is 6.92 Å². The summed E-state index contributed by atoms with van der Waals surface area (Å²) >= 11 is 0. The molecule has 1 aliphatic rings. The number of aromatic amines is 1. The Hall–Kier alpha value is -0.920. The molecule has 0 aromatic carbocycles. The molecule has 1 aliphatic heterocycles. The van der Waals surface area contributed by atoms with E-state index in [9.17, 15) is 8.42 Å². The van der Waals surface area contributed by atoms with Crippen molar-refractivity contribution in [3.63, 3.8) is 0 Å². The third-order valence-electron chi connectivity index (χ3n) is 2.52. The lowest BCUT2D eigenvalue weighted by molar-refractivity contribution is 0.284. The van der Waals surface area contributed by atoms with Gasteiger partial charge in [0.1, 0.15) is 4.90 Å². The number of nitrogens with zero attached hydrogens (tertiary/aromatic N) is 2. The summed E-state index contributed by atoms with van der Waals surface area (Å²) in [6, 6.07) is -0.0151. The molecule has 0 aliphatic carbocycles. The first-order valence-corrected chi connectivity index (χ1v) is 6.28. The Morgan fingerprint density at radius 1 is 1.60 bits per heavy atom. The van der Waals surface area contributed by atoms with Crippen molar-refractivity contribution in [2.24, 2.45) is 0 Å². The third kappa shape index (κ3) is 1.90. The van der Waals surface area contributed by atoms with Gasteiger partial charge in [-0.2, -0.15) is 9.40 Å². The third-order valence-corrected chi connectivity index (χ3v) is 4.50. The second-order valence-corrected chi connectivity index (χ2v) is 5.49. The minimum absolute atomic E-state index is 0.0151. The summed E-state index contributed by atoms with van der Waals surface area (Å²) in [7, 11) is -3.37. The van der Waals surface area contributed by atoms with Gasteiger partial charge in [0, 0.05) is 31.9 Å². The fourth-order valence-corrected chi connectivity index (χ4v) is 3.23. The van der Waals surface area contributed by atoms with Crippen LogP contribution in [-0.2, 0) is 10.0 Å². The molecule has 0 bridgehead atoms. The maximum Gasteiger partial charge on any atom is 0.246 e. The average molecular weight is 230 g/mol. The van der Waals surface area contributed by atoms with Gasteiger partial charge in [0.25, 0.3) is 0 Å². The van der Waals surface area contributed by atoms with Gasteiger partial charge in [0.05, 0.1) is 6.20 Å². The van der Waals surface area contributed by atoms with Crippen molar-refractivity contribution in [3.05, 3.63) is 12.4 Å². The van der Waals surface area contributed by atoms with Crippen LogP contribution in [0.3, 0.4) is 0 Å². The molecule has 2 rings (SSSR count). The van der Waals surface area contributed by atoms with Gasteiger partial charge in [-0.3, -0.25) is 5.10 Å². The first kappa shape index (κ1) is 10.6. The molecule has 1 aromatic rings. The summed E-state index contributed by atoms with van der Waals surface area (Å²) in [6.45, 7) is 3.79. The summed E-state index contributed by atoms with van der Waals surface area (Å²) in [5, 5.41) is 9.33. The van der Waals surface area contributed by atoms with Crippen molar-refractivity contribution >= 4 is 10.0 Å². The molecule has 1 aromatic heterocycles. The topological polar surface area (TPSA) is 78.1 Å². The van der Waals surface area contributed by atoms with Crippen LogP contribution in [0.25, 0.3) is 0 Å². The molecule has 15 heavy (non-hydrogen) atoms. The van der Waals surface area contributed by atoms with Crippen LogP contribution in [0.1, 0.15) is 6.92 Å². The molecule has 0 saturated carbocycles. The molecular formula is C8H14N4O2S. The molecular weight excluding hydrogens is 216 g/mol. The smallest absolute Gasteiger partial charge is 0.246 e. The molecule has 84 valence electrons. The first-order valence-electron chi connectivity index (χ1n) is 4.83. The predicted molar refractivity (Wildman–Crippen MR) is 54.8 cm³/mol. The highest BCUT2D eigenvalue weighted by Gasteiger charge is 2.31. The van der Waals surface area contributed by atoms with Crippen LogP contribution in [0, 0.1) is 0 Å². The van der Waals surface area contributed by atoms with Crippen LogP contribution in [0.2, 0.25) is 0 Å². The van der Waals surface area contributed by atoms with E-state index in [4.69, 9.17) is 0 Å². The molecule has 2 N–H and O–H groups in total. The first-order chi connectivity index (χ1) is 7.12. The number of H-pyrrole nitrogens is 1. The summed E-state index contributed by atoms with van der Waals surface area (Å²) in [4.78, 5) is 0.233. The second kappa shape index (κ2) is 3.92. The van der Waals surface area contributed by atoms with E-state index in [0.717, 1.165) is 0 Å². The normalized spacial score (nSPS) is 24.2. The van der Waals surface area contributed by atoms with Crippen LogP contribution in [0.15, 0.2) is 17.3 Å². The van der Waals surface area contributed by atoms with Crippen molar-refractivity contribution in [1.82, 2.24) is 19.8 Å². The molecule has 7 heteroatoms. The van der Waals surface area contributed by atoms with Crippen molar-refractivity contribution in [1.29, 1.82) is 0 Å². The molecule has 0 unspecified atom stereocenters. The van der Waals surface area contributed by atoms with E-state index >= 15 is 0 Å². The van der Waals surface area contributed by atoms with Crippen LogP contribution in [0.5, 0.6) is 0 Å². The van der Waals surface area contributed by atoms with E-state index < -0.39 is 10.0 Å². The Labute approximate surface area is 88.7 Å². The Bertz CT molecular complexity index is 414. The minimum Gasteiger partial charge on any atom is -0.314 e. The molecule has 1 atom stereocenters. The highest BCUT2D eigenvalue weighted by molar-refractivity contribution is 7.89. The maximum absolute atomic E-state index is 12.1. The van der Waals surface area contributed by atoms with Gasteiger partial charge in [-0.1, -0.05) is 0 Å².